The topological polar surface area (TPSA) is 69.7 Å². The molecule has 3 heterocycles. The van der Waals surface area contributed by atoms with Gasteiger partial charge in [-0.25, -0.2) is 8.42 Å². The van der Waals surface area contributed by atoms with E-state index in [0.717, 1.165) is 30.1 Å². The van der Waals surface area contributed by atoms with E-state index < -0.39 is 16.1 Å². The molecule has 1 aromatic heterocycles. The van der Waals surface area contributed by atoms with E-state index in [0.29, 0.717) is 29.4 Å². The van der Waals surface area contributed by atoms with Gasteiger partial charge in [0.1, 0.15) is 10.3 Å². The Balaban J connectivity index is 1.44. The van der Waals surface area contributed by atoms with Gasteiger partial charge in [0.25, 0.3) is 10.0 Å². The number of carbonyl (C=O) groups is 1. The van der Waals surface area contributed by atoms with E-state index in [2.05, 4.69) is 10.2 Å². The fraction of sp³-hybridized carbons (Fsp3) is 0.450. The molecule has 0 spiro atoms. The predicted molar refractivity (Wildman–Crippen MR) is 117 cm³/mol. The fourth-order valence-corrected chi connectivity index (χ4v) is 7.24. The molecular formula is C20H24ClN3O3S2. The number of hydrogen-bond acceptors (Lipinski definition) is 5. The maximum atomic E-state index is 12.9. The maximum absolute atomic E-state index is 12.9. The van der Waals surface area contributed by atoms with Gasteiger partial charge in [-0.3, -0.25) is 4.79 Å². The molecule has 9 heteroatoms. The van der Waals surface area contributed by atoms with Crippen molar-refractivity contribution in [1.29, 1.82) is 0 Å². The van der Waals surface area contributed by atoms with E-state index in [-0.39, 0.29) is 10.1 Å². The van der Waals surface area contributed by atoms with Crippen molar-refractivity contribution in [1.82, 2.24) is 4.31 Å². The van der Waals surface area contributed by atoms with Crippen molar-refractivity contribution in [3.05, 3.63) is 40.7 Å². The van der Waals surface area contributed by atoms with E-state index in [1.54, 1.807) is 6.07 Å². The second-order valence-electron chi connectivity index (χ2n) is 7.42. The minimum Gasteiger partial charge on any atom is -0.372 e. The molecule has 156 valence electrons. The van der Waals surface area contributed by atoms with Crippen LogP contribution in [0.5, 0.6) is 0 Å². The molecule has 2 aromatic rings. The van der Waals surface area contributed by atoms with Gasteiger partial charge in [-0.05, 0) is 68.5 Å². The first kappa shape index (κ1) is 20.7. The zero-order chi connectivity index (χ0) is 20.4. The van der Waals surface area contributed by atoms with Gasteiger partial charge < -0.3 is 10.2 Å². The van der Waals surface area contributed by atoms with Crippen molar-refractivity contribution in [2.45, 2.75) is 42.4 Å². The summed E-state index contributed by atoms with van der Waals surface area (Å²) in [7, 11) is -3.73. The van der Waals surface area contributed by atoms with Crippen LogP contribution in [-0.2, 0) is 14.8 Å². The number of anilines is 2. The second kappa shape index (κ2) is 8.63. The molecule has 1 amide bonds. The van der Waals surface area contributed by atoms with E-state index in [1.807, 2.05) is 24.3 Å². The van der Waals surface area contributed by atoms with Crippen molar-refractivity contribution in [2.24, 2.45) is 0 Å². The van der Waals surface area contributed by atoms with Gasteiger partial charge >= 0.3 is 0 Å². The molecule has 0 unspecified atom stereocenters. The number of halogens is 1. The summed E-state index contributed by atoms with van der Waals surface area (Å²) < 4.78 is 27.7. The Morgan fingerprint density at radius 2 is 1.72 bits per heavy atom. The first-order valence-corrected chi connectivity index (χ1v) is 12.5. The third-order valence-corrected chi connectivity index (χ3v) is 9.08. The normalized spacial score (nSPS) is 20.7. The Labute approximate surface area is 180 Å². The van der Waals surface area contributed by atoms with Crippen molar-refractivity contribution >= 4 is 50.2 Å². The average Bonchev–Trinajstić information content (AvgIpc) is 3.39. The zero-order valence-corrected chi connectivity index (χ0v) is 18.4. The molecule has 1 atom stereocenters. The van der Waals surface area contributed by atoms with Crippen molar-refractivity contribution in [3.63, 3.8) is 0 Å². The lowest BCUT2D eigenvalue weighted by atomic mass is 10.1. The highest BCUT2D eigenvalue weighted by molar-refractivity contribution is 7.91. The number of carbonyl (C=O) groups excluding carboxylic acids is 1. The lowest BCUT2D eigenvalue weighted by Gasteiger charge is -2.29. The molecular weight excluding hydrogens is 430 g/mol. The van der Waals surface area contributed by atoms with Crippen LogP contribution < -0.4 is 10.2 Å². The fourth-order valence-electron chi connectivity index (χ4n) is 3.98. The molecule has 1 aromatic carbocycles. The number of amides is 1. The standard InChI is InChI=1S/C20H24ClN3O3S2/c21-18-10-11-19(28-18)29(26,27)24-14-4-5-17(24)20(25)22-15-6-8-16(9-7-15)23-12-2-1-3-13-23/h6-11,17H,1-5,12-14H2,(H,22,25)/t17-/m0/s1. The largest absolute Gasteiger partial charge is 0.372 e. The number of benzene rings is 1. The van der Waals surface area contributed by atoms with Gasteiger partial charge in [0, 0.05) is 31.0 Å². The summed E-state index contributed by atoms with van der Waals surface area (Å²) in [5.74, 6) is -0.292. The van der Waals surface area contributed by atoms with Crippen LogP contribution in [0.1, 0.15) is 32.1 Å². The van der Waals surface area contributed by atoms with Gasteiger partial charge in [-0.2, -0.15) is 4.31 Å². The van der Waals surface area contributed by atoms with Gasteiger partial charge in [0.15, 0.2) is 0 Å². The molecule has 0 radical (unpaired) electrons. The summed E-state index contributed by atoms with van der Waals surface area (Å²) in [6, 6.07) is 10.1. The SMILES string of the molecule is O=C(Nc1ccc(N2CCCCC2)cc1)[C@@H]1CCCN1S(=O)(=O)c1ccc(Cl)s1. The van der Waals surface area contributed by atoms with Crippen molar-refractivity contribution < 1.29 is 13.2 Å². The minimum absolute atomic E-state index is 0.174. The average molecular weight is 454 g/mol. The second-order valence-corrected chi connectivity index (χ2v) is 11.2. The van der Waals surface area contributed by atoms with Gasteiger partial charge in [0.05, 0.1) is 4.34 Å². The number of rotatable bonds is 5. The Hall–Kier alpha value is -1.61. The molecule has 6 nitrogen and oxygen atoms in total. The van der Waals surface area contributed by atoms with Crippen LogP contribution in [-0.4, -0.2) is 44.3 Å². The molecule has 2 aliphatic heterocycles. The summed E-state index contributed by atoms with van der Waals surface area (Å²) in [4.78, 5) is 15.2. The predicted octanol–water partition coefficient (Wildman–Crippen LogP) is 4.18. The van der Waals surface area contributed by atoms with E-state index in [1.165, 1.54) is 29.6 Å². The maximum Gasteiger partial charge on any atom is 0.253 e. The van der Waals surface area contributed by atoms with Crippen LogP contribution in [0.3, 0.4) is 0 Å². The number of nitrogens with zero attached hydrogens (tertiary/aromatic N) is 2. The monoisotopic (exact) mass is 453 g/mol. The molecule has 0 saturated carbocycles. The molecule has 2 fully saturated rings. The molecule has 29 heavy (non-hydrogen) atoms. The Bertz CT molecular complexity index is 969. The quantitative estimate of drug-likeness (QED) is 0.737. The van der Waals surface area contributed by atoms with E-state index in [9.17, 15) is 13.2 Å². The lowest BCUT2D eigenvalue weighted by Crippen LogP contribution is -2.42. The Morgan fingerprint density at radius 1 is 1.00 bits per heavy atom. The molecule has 2 aliphatic rings. The Morgan fingerprint density at radius 3 is 2.38 bits per heavy atom. The third-order valence-electron chi connectivity index (χ3n) is 5.47. The molecule has 0 aliphatic carbocycles. The summed E-state index contributed by atoms with van der Waals surface area (Å²) in [5.41, 5.74) is 1.83. The summed E-state index contributed by atoms with van der Waals surface area (Å²) in [5, 5.41) is 2.89. The summed E-state index contributed by atoms with van der Waals surface area (Å²) >= 11 is 6.91. The smallest absolute Gasteiger partial charge is 0.253 e. The first-order chi connectivity index (χ1) is 13.9. The number of piperidine rings is 1. The molecule has 0 bridgehead atoms. The third kappa shape index (κ3) is 4.45. The molecule has 1 N–H and O–H groups in total. The van der Waals surface area contributed by atoms with Crippen molar-refractivity contribution in [2.75, 3.05) is 29.9 Å². The Kier molecular flexibility index (Phi) is 6.15. The lowest BCUT2D eigenvalue weighted by molar-refractivity contribution is -0.119. The molecule has 2 saturated heterocycles. The highest BCUT2D eigenvalue weighted by atomic mass is 35.5. The highest BCUT2D eigenvalue weighted by Gasteiger charge is 2.40. The van der Waals surface area contributed by atoms with Crippen LogP contribution in [0, 0.1) is 0 Å². The number of thiophene rings is 1. The van der Waals surface area contributed by atoms with Crippen LogP contribution in [0.15, 0.2) is 40.6 Å². The van der Waals surface area contributed by atoms with Crippen molar-refractivity contribution in [3.8, 4) is 0 Å². The zero-order valence-electron chi connectivity index (χ0n) is 16.0. The molecule has 4 rings (SSSR count). The van der Waals surface area contributed by atoms with Crippen LogP contribution in [0.4, 0.5) is 11.4 Å². The van der Waals surface area contributed by atoms with Crippen LogP contribution in [0.25, 0.3) is 0 Å². The number of hydrogen-bond donors (Lipinski definition) is 1. The minimum atomic E-state index is -3.73. The van der Waals surface area contributed by atoms with E-state index in [4.69, 9.17) is 11.6 Å². The summed E-state index contributed by atoms with van der Waals surface area (Å²) in [6.45, 7) is 2.46. The van der Waals surface area contributed by atoms with Gasteiger partial charge in [-0.1, -0.05) is 11.6 Å². The van der Waals surface area contributed by atoms with Crippen LogP contribution in [0.2, 0.25) is 4.34 Å². The number of sulfonamides is 1. The first-order valence-electron chi connectivity index (χ1n) is 9.88. The number of nitrogens with one attached hydrogen (secondary N) is 1. The van der Waals surface area contributed by atoms with Gasteiger partial charge in [-0.15, -0.1) is 11.3 Å². The highest BCUT2D eigenvalue weighted by Crippen LogP contribution is 2.32. The van der Waals surface area contributed by atoms with Crippen LogP contribution >= 0.6 is 22.9 Å². The van der Waals surface area contributed by atoms with E-state index >= 15 is 0 Å². The van der Waals surface area contributed by atoms with Gasteiger partial charge in [0.2, 0.25) is 5.91 Å². The summed E-state index contributed by atoms with van der Waals surface area (Å²) in [6.07, 6.45) is 4.86.